The van der Waals surface area contributed by atoms with Gasteiger partial charge in [0.25, 0.3) is 5.91 Å². The number of amides is 1. The van der Waals surface area contributed by atoms with Crippen molar-refractivity contribution in [1.29, 1.82) is 0 Å². The van der Waals surface area contributed by atoms with Crippen molar-refractivity contribution in [3.05, 3.63) is 82.8 Å². The SMILES string of the molecule is Cc1ccc(C(=O)N(C)c2ccc(OC(=O)c3cc(C)oc3C)cc2)cc1. The number of esters is 1. The molecule has 2 aromatic carbocycles. The van der Waals surface area contributed by atoms with Gasteiger partial charge in [0, 0.05) is 18.3 Å². The van der Waals surface area contributed by atoms with E-state index in [-0.39, 0.29) is 5.91 Å². The smallest absolute Gasteiger partial charge is 0.347 e. The summed E-state index contributed by atoms with van der Waals surface area (Å²) in [6.45, 7) is 5.47. The van der Waals surface area contributed by atoms with Crippen LogP contribution >= 0.6 is 0 Å². The quantitative estimate of drug-likeness (QED) is 0.498. The first-order valence-electron chi connectivity index (χ1n) is 8.59. The van der Waals surface area contributed by atoms with Gasteiger partial charge in [-0.15, -0.1) is 0 Å². The molecule has 1 amide bonds. The summed E-state index contributed by atoms with van der Waals surface area (Å²) in [6.07, 6.45) is 0. The first-order valence-corrected chi connectivity index (χ1v) is 8.59. The van der Waals surface area contributed by atoms with Crippen molar-refractivity contribution in [2.24, 2.45) is 0 Å². The van der Waals surface area contributed by atoms with Gasteiger partial charge in [-0.25, -0.2) is 4.79 Å². The number of carbonyl (C=O) groups excluding carboxylic acids is 2. The number of hydrogen-bond acceptors (Lipinski definition) is 4. The van der Waals surface area contributed by atoms with Gasteiger partial charge >= 0.3 is 5.97 Å². The van der Waals surface area contributed by atoms with Crippen molar-refractivity contribution in [3.8, 4) is 5.75 Å². The van der Waals surface area contributed by atoms with Crippen LogP contribution in [0.3, 0.4) is 0 Å². The van der Waals surface area contributed by atoms with Crippen LogP contribution in [0.25, 0.3) is 0 Å². The van der Waals surface area contributed by atoms with Crippen LogP contribution in [0.1, 0.15) is 37.8 Å². The van der Waals surface area contributed by atoms with Gasteiger partial charge in [-0.05, 0) is 63.2 Å². The molecule has 0 aliphatic carbocycles. The van der Waals surface area contributed by atoms with E-state index in [9.17, 15) is 9.59 Å². The van der Waals surface area contributed by atoms with E-state index in [1.165, 1.54) is 0 Å². The van der Waals surface area contributed by atoms with E-state index in [0.29, 0.717) is 34.1 Å². The lowest BCUT2D eigenvalue weighted by molar-refractivity contribution is 0.0732. The average Bonchev–Trinajstić information content (AvgIpc) is 3.00. The number of rotatable bonds is 4. The van der Waals surface area contributed by atoms with E-state index in [1.54, 1.807) is 68.3 Å². The third-order valence-corrected chi connectivity index (χ3v) is 4.30. The Morgan fingerprint density at radius 2 is 1.56 bits per heavy atom. The predicted octanol–water partition coefficient (Wildman–Crippen LogP) is 4.70. The van der Waals surface area contributed by atoms with Crippen molar-refractivity contribution in [1.82, 2.24) is 0 Å². The molecular formula is C22H21NO4. The maximum atomic E-state index is 12.6. The van der Waals surface area contributed by atoms with Crippen molar-refractivity contribution in [3.63, 3.8) is 0 Å². The van der Waals surface area contributed by atoms with Crippen LogP contribution < -0.4 is 9.64 Å². The van der Waals surface area contributed by atoms with Crippen LogP contribution in [0, 0.1) is 20.8 Å². The predicted molar refractivity (Wildman–Crippen MR) is 103 cm³/mol. The molecule has 0 radical (unpaired) electrons. The van der Waals surface area contributed by atoms with Crippen LogP contribution in [0.4, 0.5) is 5.69 Å². The third kappa shape index (κ3) is 4.08. The topological polar surface area (TPSA) is 59.8 Å². The van der Waals surface area contributed by atoms with Crippen molar-refractivity contribution < 1.29 is 18.7 Å². The number of aryl methyl sites for hydroxylation is 3. The fourth-order valence-corrected chi connectivity index (χ4v) is 2.74. The van der Waals surface area contributed by atoms with Crippen molar-refractivity contribution in [2.45, 2.75) is 20.8 Å². The van der Waals surface area contributed by atoms with Crippen LogP contribution in [0.5, 0.6) is 5.75 Å². The van der Waals surface area contributed by atoms with Crippen LogP contribution in [-0.4, -0.2) is 18.9 Å². The van der Waals surface area contributed by atoms with Crippen LogP contribution in [0.15, 0.2) is 59.0 Å². The first-order chi connectivity index (χ1) is 12.8. The highest BCUT2D eigenvalue weighted by Crippen LogP contribution is 2.22. The highest BCUT2D eigenvalue weighted by Gasteiger charge is 2.17. The van der Waals surface area contributed by atoms with E-state index in [1.807, 2.05) is 19.1 Å². The van der Waals surface area contributed by atoms with Crippen LogP contribution in [-0.2, 0) is 0 Å². The Morgan fingerprint density at radius 1 is 0.926 bits per heavy atom. The lowest BCUT2D eigenvalue weighted by atomic mass is 10.1. The Bertz CT molecular complexity index is 969. The fourth-order valence-electron chi connectivity index (χ4n) is 2.74. The van der Waals surface area contributed by atoms with E-state index >= 15 is 0 Å². The third-order valence-electron chi connectivity index (χ3n) is 4.30. The number of nitrogens with zero attached hydrogens (tertiary/aromatic N) is 1. The number of ether oxygens (including phenoxy) is 1. The Kier molecular flexibility index (Phi) is 5.12. The molecule has 27 heavy (non-hydrogen) atoms. The van der Waals surface area contributed by atoms with Gasteiger partial charge in [0.1, 0.15) is 22.8 Å². The number of anilines is 1. The molecular weight excluding hydrogens is 342 g/mol. The molecule has 0 fully saturated rings. The second-order valence-corrected chi connectivity index (χ2v) is 6.44. The summed E-state index contributed by atoms with van der Waals surface area (Å²) < 4.78 is 10.7. The molecule has 3 aromatic rings. The summed E-state index contributed by atoms with van der Waals surface area (Å²) in [6, 6.07) is 15.9. The molecule has 5 heteroatoms. The van der Waals surface area contributed by atoms with Gasteiger partial charge in [-0.1, -0.05) is 17.7 Å². The standard InChI is InChI=1S/C22H21NO4/c1-14-5-7-17(8-6-14)21(24)23(4)18-9-11-19(12-10-18)27-22(25)20-13-15(2)26-16(20)3/h5-13H,1-4H3. The fraction of sp³-hybridized carbons (Fsp3) is 0.182. The van der Waals surface area contributed by atoms with E-state index in [0.717, 1.165) is 5.56 Å². The van der Waals surface area contributed by atoms with Crippen molar-refractivity contribution >= 4 is 17.6 Å². The molecule has 0 saturated heterocycles. The highest BCUT2D eigenvalue weighted by atomic mass is 16.5. The summed E-state index contributed by atoms with van der Waals surface area (Å²) in [7, 11) is 1.71. The Hall–Kier alpha value is -3.34. The van der Waals surface area contributed by atoms with E-state index < -0.39 is 5.97 Å². The molecule has 0 unspecified atom stereocenters. The lowest BCUT2D eigenvalue weighted by Crippen LogP contribution is -2.26. The van der Waals surface area contributed by atoms with Crippen molar-refractivity contribution in [2.75, 3.05) is 11.9 Å². The molecule has 0 bridgehead atoms. The highest BCUT2D eigenvalue weighted by molar-refractivity contribution is 6.05. The second-order valence-electron chi connectivity index (χ2n) is 6.44. The Morgan fingerprint density at radius 3 is 2.11 bits per heavy atom. The van der Waals surface area contributed by atoms with Gasteiger partial charge in [-0.3, -0.25) is 4.79 Å². The zero-order valence-electron chi connectivity index (χ0n) is 15.8. The summed E-state index contributed by atoms with van der Waals surface area (Å²) in [4.78, 5) is 26.4. The number of hydrogen-bond donors (Lipinski definition) is 0. The summed E-state index contributed by atoms with van der Waals surface area (Å²) in [5, 5.41) is 0. The average molecular weight is 363 g/mol. The number of benzene rings is 2. The molecule has 0 atom stereocenters. The van der Waals surface area contributed by atoms with Gasteiger partial charge in [0.15, 0.2) is 0 Å². The molecule has 0 saturated carbocycles. The molecule has 5 nitrogen and oxygen atoms in total. The summed E-state index contributed by atoms with van der Waals surface area (Å²) >= 11 is 0. The monoisotopic (exact) mass is 363 g/mol. The van der Waals surface area contributed by atoms with E-state index in [2.05, 4.69) is 0 Å². The largest absolute Gasteiger partial charge is 0.466 e. The maximum absolute atomic E-state index is 12.6. The van der Waals surface area contributed by atoms with Gasteiger partial charge < -0.3 is 14.1 Å². The minimum atomic E-state index is -0.471. The zero-order valence-corrected chi connectivity index (χ0v) is 15.8. The maximum Gasteiger partial charge on any atom is 0.347 e. The summed E-state index contributed by atoms with van der Waals surface area (Å²) in [5.41, 5.74) is 2.83. The van der Waals surface area contributed by atoms with Gasteiger partial charge in [0.2, 0.25) is 0 Å². The molecule has 1 heterocycles. The second kappa shape index (κ2) is 7.50. The minimum Gasteiger partial charge on any atom is -0.466 e. The molecule has 1 aromatic heterocycles. The normalized spacial score (nSPS) is 10.5. The molecule has 138 valence electrons. The molecule has 0 N–H and O–H groups in total. The molecule has 3 rings (SSSR count). The lowest BCUT2D eigenvalue weighted by Gasteiger charge is -2.18. The first kappa shape index (κ1) is 18.5. The number of carbonyl (C=O) groups is 2. The Labute approximate surface area is 158 Å². The summed E-state index contributed by atoms with van der Waals surface area (Å²) in [5.74, 6) is 1.01. The molecule has 0 aliphatic rings. The van der Waals surface area contributed by atoms with Crippen LogP contribution in [0.2, 0.25) is 0 Å². The zero-order chi connectivity index (χ0) is 19.6. The van der Waals surface area contributed by atoms with E-state index in [4.69, 9.17) is 9.15 Å². The van der Waals surface area contributed by atoms with Gasteiger partial charge in [-0.2, -0.15) is 0 Å². The number of furan rings is 1. The molecule has 0 aliphatic heterocycles. The Balaban J connectivity index is 1.71. The van der Waals surface area contributed by atoms with Gasteiger partial charge in [0.05, 0.1) is 0 Å². The molecule has 0 spiro atoms. The minimum absolute atomic E-state index is 0.107.